The Kier molecular flexibility index (Phi) is 5.02. The minimum atomic E-state index is -1.03. The van der Waals surface area contributed by atoms with Crippen LogP contribution >= 0.6 is 15.9 Å². The zero-order valence-electron chi connectivity index (χ0n) is 16.6. The number of fused-ring (bicyclic) bond motifs is 4. The Hall–Kier alpha value is -3.12. The van der Waals surface area contributed by atoms with Crippen LogP contribution in [0.4, 0.5) is 4.79 Å². The molecule has 0 spiro atoms. The molecule has 0 saturated carbocycles. The number of carboxylic acids is 1. The van der Waals surface area contributed by atoms with Crippen molar-refractivity contribution in [2.24, 2.45) is 0 Å². The van der Waals surface area contributed by atoms with E-state index in [9.17, 15) is 14.7 Å². The van der Waals surface area contributed by atoms with Crippen molar-refractivity contribution in [3.8, 4) is 11.1 Å². The second-order valence-corrected chi connectivity index (χ2v) is 8.72. The van der Waals surface area contributed by atoms with E-state index >= 15 is 0 Å². The summed E-state index contributed by atoms with van der Waals surface area (Å²) in [6.45, 7) is 0.378. The number of benzene rings is 3. The van der Waals surface area contributed by atoms with Crippen LogP contribution in [0.3, 0.4) is 0 Å². The molecule has 0 radical (unpaired) electrons. The number of carboxylic acid groups (broad SMARTS) is 1. The quantitative estimate of drug-likeness (QED) is 0.562. The molecule has 3 aromatic carbocycles. The van der Waals surface area contributed by atoms with Crippen molar-refractivity contribution in [2.45, 2.75) is 24.9 Å². The van der Waals surface area contributed by atoms with Gasteiger partial charge in [0.2, 0.25) is 0 Å². The van der Waals surface area contributed by atoms with Gasteiger partial charge in [-0.2, -0.15) is 0 Å². The second kappa shape index (κ2) is 7.85. The van der Waals surface area contributed by atoms with Gasteiger partial charge >= 0.3 is 12.1 Å². The fourth-order valence-electron chi connectivity index (χ4n) is 4.67. The second-order valence-electron chi connectivity index (χ2n) is 7.87. The van der Waals surface area contributed by atoms with Gasteiger partial charge in [-0.05, 0) is 39.4 Å². The summed E-state index contributed by atoms with van der Waals surface area (Å²) in [5, 5.41) is 9.75. The van der Waals surface area contributed by atoms with Crippen LogP contribution in [0.1, 0.15) is 28.2 Å². The Labute approximate surface area is 188 Å². The molecule has 0 aromatic heterocycles. The summed E-state index contributed by atoms with van der Waals surface area (Å²) in [7, 11) is 0. The number of nitrogens with zero attached hydrogens (tertiary/aromatic N) is 1. The lowest BCUT2D eigenvalue weighted by Crippen LogP contribution is -2.49. The average Bonchev–Trinajstić information content (AvgIpc) is 3.10. The lowest BCUT2D eigenvalue weighted by molar-refractivity contribution is -0.143. The Balaban J connectivity index is 1.39. The van der Waals surface area contributed by atoms with Crippen molar-refractivity contribution < 1.29 is 19.4 Å². The van der Waals surface area contributed by atoms with Gasteiger partial charge in [-0.3, -0.25) is 4.90 Å². The standard InChI is InChI=1S/C25H20BrNO4/c26-22-11-5-6-15-13-27(23(24(28)29)12-20(15)22)25(30)31-14-21-18-9-3-1-7-16(18)17-8-2-4-10-19(17)21/h1-11,21,23H,12-14H2,(H,28,29). The van der Waals surface area contributed by atoms with Crippen molar-refractivity contribution in [1.29, 1.82) is 0 Å². The summed E-state index contributed by atoms with van der Waals surface area (Å²) in [4.78, 5) is 26.3. The van der Waals surface area contributed by atoms with Gasteiger partial charge < -0.3 is 9.84 Å². The Morgan fingerprint density at radius 3 is 2.26 bits per heavy atom. The van der Waals surface area contributed by atoms with Crippen LogP contribution in [0.15, 0.2) is 71.2 Å². The van der Waals surface area contributed by atoms with Crippen LogP contribution in [-0.4, -0.2) is 34.7 Å². The molecule has 1 amide bonds. The third kappa shape index (κ3) is 3.41. The molecule has 5 nitrogen and oxygen atoms in total. The van der Waals surface area contributed by atoms with Gasteiger partial charge in [-0.25, -0.2) is 9.59 Å². The van der Waals surface area contributed by atoms with E-state index in [1.807, 2.05) is 42.5 Å². The maximum atomic E-state index is 13.0. The van der Waals surface area contributed by atoms with E-state index < -0.39 is 18.1 Å². The topological polar surface area (TPSA) is 66.8 Å². The molecule has 0 bridgehead atoms. The van der Waals surface area contributed by atoms with E-state index in [1.165, 1.54) is 4.90 Å². The first-order chi connectivity index (χ1) is 15.0. The molecule has 1 aliphatic carbocycles. The summed E-state index contributed by atoms with van der Waals surface area (Å²) >= 11 is 3.49. The smallest absolute Gasteiger partial charge is 0.410 e. The lowest BCUT2D eigenvalue weighted by Gasteiger charge is -2.34. The number of ether oxygens (including phenoxy) is 1. The predicted octanol–water partition coefficient (Wildman–Crippen LogP) is 5.21. The van der Waals surface area contributed by atoms with Crippen LogP contribution in [0.5, 0.6) is 0 Å². The van der Waals surface area contributed by atoms with E-state index in [2.05, 4.69) is 40.2 Å². The van der Waals surface area contributed by atoms with Crippen molar-refractivity contribution in [3.05, 3.63) is 93.5 Å². The summed E-state index contributed by atoms with van der Waals surface area (Å²) in [5.41, 5.74) is 6.41. The number of halogens is 1. The number of carbonyl (C=O) groups is 2. The first-order valence-corrected chi connectivity index (χ1v) is 10.9. The molecule has 1 unspecified atom stereocenters. The van der Waals surface area contributed by atoms with Crippen molar-refractivity contribution in [3.63, 3.8) is 0 Å². The predicted molar refractivity (Wildman–Crippen MR) is 120 cm³/mol. The molecule has 2 aliphatic rings. The molecule has 1 heterocycles. The number of hydrogen-bond acceptors (Lipinski definition) is 3. The maximum Gasteiger partial charge on any atom is 0.410 e. The van der Waals surface area contributed by atoms with Crippen LogP contribution in [0, 0.1) is 0 Å². The molecular formula is C25H20BrNO4. The highest BCUT2D eigenvalue weighted by Gasteiger charge is 2.37. The number of rotatable bonds is 3. The molecule has 0 fully saturated rings. The van der Waals surface area contributed by atoms with Crippen molar-refractivity contribution in [2.75, 3.05) is 6.61 Å². The first-order valence-electron chi connectivity index (χ1n) is 10.2. The van der Waals surface area contributed by atoms with Gasteiger partial charge in [-0.1, -0.05) is 76.6 Å². The average molecular weight is 478 g/mol. The highest BCUT2D eigenvalue weighted by Crippen LogP contribution is 2.44. The van der Waals surface area contributed by atoms with Gasteiger partial charge in [0.25, 0.3) is 0 Å². The molecule has 1 N–H and O–H groups in total. The minimum Gasteiger partial charge on any atom is -0.480 e. The Morgan fingerprint density at radius 2 is 1.61 bits per heavy atom. The number of hydrogen-bond donors (Lipinski definition) is 1. The lowest BCUT2D eigenvalue weighted by atomic mass is 9.94. The third-order valence-corrected chi connectivity index (χ3v) is 6.93. The van der Waals surface area contributed by atoms with Crippen LogP contribution in [-0.2, 0) is 22.5 Å². The monoisotopic (exact) mass is 477 g/mol. The van der Waals surface area contributed by atoms with E-state index in [-0.39, 0.29) is 25.5 Å². The highest BCUT2D eigenvalue weighted by molar-refractivity contribution is 9.10. The highest BCUT2D eigenvalue weighted by atomic mass is 79.9. The Morgan fingerprint density at radius 1 is 0.968 bits per heavy atom. The minimum absolute atomic E-state index is 0.0640. The summed E-state index contributed by atoms with van der Waals surface area (Å²) in [6.07, 6.45) is -0.351. The molecule has 6 heteroatoms. The van der Waals surface area contributed by atoms with E-state index in [4.69, 9.17) is 4.74 Å². The SMILES string of the molecule is O=C(O)C1Cc2c(Br)cccc2CN1C(=O)OCC1c2ccccc2-c2ccccc21. The summed E-state index contributed by atoms with van der Waals surface area (Å²) < 4.78 is 6.58. The van der Waals surface area contributed by atoms with Gasteiger partial charge in [0.05, 0.1) is 6.54 Å². The van der Waals surface area contributed by atoms with Gasteiger partial charge in [0.1, 0.15) is 12.6 Å². The third-order valence-electron chi connectivity index (χ3n) is 6.19. The van der Waals surface area contributed by atoms with E-state index in [0.717, 1.165) is 37.9 Å². The summed E-state index contributed by atoms with van der Waals surface area (Å²) in [5.74, 6) is -1.10. The Bertz CT molecular complexity index is 1150. The zero-order chi connectivity index (χ0) is 21.5. The summed E-state index contributed by atoms with van der Waals surface area (Å²) in [6, 6.07) is 21.0. The molecule has 1 atom stereocenters. The molecule has 31 heavy (non-hydrogen) atoms. The van der Waals surface area contributed by atoms with Crippen LogP contribution in [0.25, 0.3) is 11.1 Å². The molecule has 1 aliphatic heterocycles. The van der Waals surface area contributed by atoms with E-state index in [1.54, 1.807) is 0 Å². The number of carbonyl (C=O) groups excluding carboxylic acids is 1. The van der Waals surface area contributed by atoms with Gasteiger partial charge in [0.15, 0.2) is 0 Å². The maximum absolute atomic E-state index is 13.0. The fourth-order valence-corrected chi connectivity index (χ4v) is 5.24. The molecule has 5 rings (SSSR count). The van der Waals surface area contributed by atoms with Crippen molar-refractivity contribution in [1.82, 2.24) is 4.90 Å². The molecule has 0 saturated heterocycles. The molecule has 3 aromatic rings. The van der Waals surface area contributed by atoms with Crippen LogP contribution in [0.2, 0.25) is 0 Å². The molecule has 156 valence electrons. The zero-order valence-corrected chi connectivity index (χ0v) is 18.2. The van der Waals surface area contributed by atoms with Gasteiger partial charge in [-0.15, -0.1) is 0 Å². The van der Waals surface area contributed by atoms with Crippen molar-refractivity contribution >= 4 is 28.0 Å². The van der Waals surface area contributed by atoms with Gasteiger partial charge in [0, 0.05) is 16.8 Å². The number of amides is 1. The molecular weight excluding hydrogens is 458 g/mol. The normalized spacial score (nSPS) is 16.9. The van der Waals surface area contributed by atoms with E-state index in [0.29, 0.717) is 0 Å². The first kappa shape index (κ1) is 19.8. The largest absolute Gasteiger partial charge is 0.480 e. The van der Waals surface area contributed by atoms with Crippen LogP contribution < -0.4 is 0 Å². The number of aliphatic carboxylic acids is 1. The fraction of sp³-hybridized carbons (Fsp3) is 0.200.